The van der Waals surface area contributed by atoms with Gasteiger partial charge in [0.25, 0.3) is 0 Å². The van der Waals surface area contributed by atoms with Gasteiger partial charge in [-0.25, -0.2) is 0 Å². The van der Waals surface area contributed by atoms with Crippen molar-refractivity contribution in [1.82, 2.24) is 4.90 Å². The first-order valence-electron chi connectivity index (χ1n) is 7.03. The first kappa shape index (κ1) is 15.5. The van der Waals surface area contributed by atoms with E-state index in [1.54, 1.807) is 22.9 Å². The molecule has 1 unspecified atom stereocenters. The maximum absolute atomic E-state index is 12.6. The Morgan fingerprint density at radius 1 is 1.48 bits per heavy atom. The van der Waals surface area contributed by atoms with Gasteiger partial charge < -0.3 is 15.3 Å². The Balaban J connectivity index is 2.27. The molecule has 1 aliphatic heterocycles. The monoisotopic (exact) mass is 291 g/mol. The summed E-state index contributed by atoms with van der Waals surface area (Å²) in [4.78, 5) is 27.9. The van der Waals surface area contributed by atoms with Crippen molar-refractivity contribution >= 4 is 23.2 Å². The molecule has 0 saturated heterocycles. The van der Waals surface area contributed by atoms with Crippen LogP contribution in [-0.2, 0) is 9.59 Å². The summed E-state index contributed by atoms with van der Waals surface area (Å²) in [7, 11) is 1.78. The maximum atomic E-state index is 12.6. The highest BCUT2D eigenvalue weighted by Gasteiger charge is 2.29. The molecule has 2 rings (SSSR count). The zero-order valence-corrected chi connectivity index (χ0v) is 12.4. The zero-order chi connectivity index (χ0) is 15.4. The lowest BCUT2D eigenvalue weighted by atomic mass is 10.1. The molecular weight excluding hydrogens is 270 g/mol. The topological polar surface area (TPSA) is 72.9 Å². The number of nitrogens with zero attached hydrogens (tertiary/aromatic N) is 2. The highest BCUT2D eigenvalue weighted by molar-refractivity contribution is 6.04. The van der Waals surface area contributed by atoms with E-state index < -0.39 is 0 Å². The van der Waals surface area contributed by atoms with E-state index >= 15 is 0 Å². The summed E-state index contributed by atoms with van der Waals surface area (Å²) >= 11 is 0. The number of para-hydroxylation sites is 2. The van der Waals surface area contributed by atoms with Gasteiger partial charge in [-0.05, 0) is 26.1 Å². The lowest BCUT2D eigenvalue weighted by Crippen LogP contribution is -2.44. The standard InChI is InChI=1S/C15H21N3O3/c1-11-9-14(20)16-12-5-3-4-6-13(12)18(11)15(21)10-17(2)7-8-19/h3-6,11,19H,7-10H2,1-2H3,(H,16,20). The molecule has 6 nitrogen and oxygen atoms in total. The van der Waals surface area contributed by atoms with E-state index in [4.69, 9.17) is 5.11 Å². The lowest BCUT2D eigenvalue weighted by Gasteiger charge is -2.29. The van der Waals surface area contributed by atoms with Gasteiger partial charge in [0.2, 0.25) is 11.8 Å². The van der Waals surface area contributed by atoms with Crippen molar-refractivity contribution in [3.05, 3.63) is 24.3 Å². The van der Waals surface area contributed by atoms with Crippen molar-refractivity contribution in [3.63, 3.8) is 0 Å². The van der Waals surface area contributed by atoms with Crippen LogP contribution in [0.3, 0.4) is 0 Å². The maximum Gasteiger partial charge on any atom is 0.241 e. The van der Waals surface area contributed by atoms with Crippen molar-refractivity contribution in [2.24, 2.45) is 0 Å². The van der Waals surface area contributed by atoms with Gasteiger partial charge in [0, 0.05) is 19.0 Å². The normalized spacial score (nSPS) is 18.2. The molecule has 1 heterocycles. The van der Waals surface area contributed by atoms with Crippen molar-refractivity contribution in [2.75, 3.05) is 37.0 Å². The molecule has 0 aromatic heterocycles. The fourth-order valence-corrected chi connectivity index (χ4v) is 2.52. The Labute approximate surface area is 124 Å². The van der Waals surface area contributed by atoms with Gasteiger partial charge in [-0.2, -0.15) is 0 Å². The number of amides is 2. The number of aliphatic hydroxyl groups excluding tert-OH is 1. The van der Waals surface area contributed by atoms with E-state index in [2.05, 4.69) is 5.32 Å². The van der Waals surface area contributed by atoms with Crippen LogP contribution in [0.2, 0.25) is 0 Å². The summed E-state index contributed by atoms with van der Waals surface area (Å²) in [6.45, 7) is 2.52. The number of likely N-dealkylation sites (N-methyl/N-ethyl adjacent to an activating group) is 1. The van der Waals surface area contributed by atoms with Crippen LogP contribution in [-0.4, -0.2) is 54.6 Å². The van der Waals surface area contributed by atoms with Gasteiger partial charge >= 0.3 is 0 Å². The molecule has 1 atom stereocenters. The number of aliphatic hydroxyl groups is 1. The minimum absolute atomic E-state index is 0.00988. The Morgan fingerprint density at radius 3 is 2.90 bits per heavy atom. The third kappa shape index (κ3) is 3.59. The number of hydrogen-bond donors (Lipinski definition) is 2. The van der Waals surface area contributed by atoms with Gasteiger partial charge in [-0.3, -0.25) is 14.5 Å². The third-order valence-corrected chi connectivity index (χ3v) is 3.51. The number of carbonyl (C=O) groups is 2. The van der Waals surface area contributed by atoms with E-state index in [1.807, 2.05) is 25.1 Å². The van der Waals surface area contributed by atoms with Crippen LogP contribution in [0.25, 0.3) is 0 Å². The average Bonchev–Trinajstić information content (AvgIpc) is 2.53. The molecule has 0 fully saturated rings. The predicted octanol–water partition coefficient (Wildman–Crippen LogP) is 0.674. The van der Waals surface area contributed by atoms with E-state index in [0.717, 1.165) is 5.69 Å². The van der Waals surface area contributed by atoms with Gasteiger partial charge in [0.1, 0.15) is 0 Å². The van der Waals surface area contributed by atoms with Crippen LogP contribution >= 0.6 is 0 Å². The van der Waals surface area contributed by atoms with Crippen LogP contribution in [0.4, 0.5) is 11.4 Å². The molecule has 0 saturated carbocycles. The highest BCUT2D eigenvalue weighted by atomic mass is 16.3. The Morgan fingerprint density at radius 2 is 2.19 bits per heavy atom. The number of fused-ring (bicyclic) bond motifs is 1. The summed E-state index contributed by atoms with van der Waals surface area (Å²) in [6.07, 6.45) is 0.268. The number of anilines is 2. The van der Waals surface area contributed by atoms with E-state index in [9.17, 15) is 9.59 Å². The van der Waals surface area contributed by atoms with Gasteiger partial charge in [0.15, 0.2) is 0 Å². The van der Waals surface area contributed by atoms with Gasteiger partial charge in [-0.1, -0.05) is 12.1 Å². The van der Waals surface area contributed by atoms with Crippen molar-refractivity contribution < 1.29 is 14.7 Å². The summed E-state index contributed by atoms with van der Waals surface area (Å²) in [5.74, 6) is -0.170. The number of rotatable bonds is 4. The molecule has 0 spiro atoms. The SMILES string of the molecule is CC1CC(=O)Nc2ccccc2N1C(=O)CN(C)CCO. The quantitative estimate of drug-likeness (QED) is 0.855. The van der Waals surface area contributed by atoms with Gasteiger partial charge in [-0.15, -0.1) is 0 Å². The molecule has 114 valence electrons. The molecule has 1 aliphatic rings. The third-order valence-electron chi connectivity index (χ3n) is 3.51. The fourth-order valence-electron chi connectivity index (χ4n) is 2.52. The van der Waals surface area contributed by atoms with E-state index in [-0.39, 0.29) is 37.4 Å². The molecule has 6 heteroatoms. The molecular formula is C15H21N3O3. The number of carbonyl (C=O) groups excluding carboxylic acids is 2. The smallest absolute Gasteiger partial charge is 0.241 e. The Bertz CT molecular complexity index is 533. The minimum Gasteiger partial charge on any atom is -0.395 e. The fraction of sp³-hybridized carbons (Fsp3) is 0.467. The summed E-state index contributed by atoms with van der Waals surface area (Å²) in [5, 5.41) is 11.8. The highest BCUT2D eigenvalue weighted by Crippen LogP contribution is 2.31. The summed E-state index contributed by atoms with van der Waals surface area (Å²) < 4.78 is 0. The lowest BCUT2D eigenvalue weighted by molar-refractivity contribution is -0.120. The molecule has 0 aliphatic carbocycles. The minimum atomic E-state index is -0.205. The average molecular weight is 291 g/mol. The molecule has 21 heavy (non-hydrogen) atoms. The largest absolute Gasteiger partial charge is 0.395 e. The summed E-state index contributed by atoms with van der Waals surface area (Å²) in [5.41, 5.74) is 1.38. The second-order valence-corrected chi connectivity index (χ2v) is 5.34. The van der Waals surface area contributed by atoms with Crippen LogP contribution < -0.4 is 10.2 Å². The summed E-state index contributed by atoms with van der Waals surface area (Å²) in [6, 6.07) is 7.10. The van der Waals surface area contributed by atoms with E-state index in [0.29, 0.717) is 12.2 Å². The van der Waals surface area contributed by atoms with Crippen LogP contribution in [0.1, 0.15) is 13.3 Å². The predicted molar refractivity (Wildman–Crippen MR) is 81.2 cm³/mol. The zero-order valence-electron chi connectivity index (χ0n) is 12.4. The molecule has 2 amide bonds. The number of hydrogen-bond acceptors (Lipinski definition) is 4. The molecule has 0 bridgehead atoms. The van der Waals surface area contributed by atoms with Crippen LogP contribution in [0.15, 0.2) is 24.3 Å². The van der Waals surface area contributed by atoms with Crippen molar-refractivity contribution in [2.45, 2.75) is 19.4 Å². The second-order valence-electron chi connectivity index (χ2n) is 5.34. The second kappa shape index (κ2) is 6.69. The molecule has 1 aromatic carbocycles. The number of benzene rings is 1. The van der Waals surface area contributed by atoms with Crippen molar-refractivity contribution in [1.29, 1.82) is 0 Å². The first-order chi connectivity index (χ1) is 10.0. The molecule has 2 N–H and O–H groups in total. The van der Waals surface area contributed by atoms with Gasteiger partial charge in [0.05, 0.1) is 24.5 Å². The van der Waals surface area contributed by atoms with Crippen LogP contribution in [0.5, 0.6) is 0 Å². The number of nitrogens with one attached hydrogen (secondary N) is 1. The van der Waals surface area contributed by atoms with Crippen molar-refractivity contribution in [3.8, 4) is 0 Å². The first-order valence-corrected chi connectivity index (χ1v) is 7.03. The van der Waals surface area contributed by atoms with E-state index in [1.165, 1.54) is 0 Å². The Hall–Kier alpha value is -1.92. The van der Waals surface area contributed by atoms with Crippen LogP contribution in [0, 0.1) is 0 Å². The Kier molecular flexibility index (Phi) is 4.93. The molecule has 0 radical (unpaired) electrons. The molecule has 1 aromatic rings.